The third-order valence-corrected chi connectivity index (χ3v) is 4.36. The lowest BCUT2D eigenvalue weighted by Gasteiger charge is -2.21. The molecule has 0 saturated heterocycles. The number of nitrogens with zero attached hydrogens (tertiary/aromatic N) is 4. The van der Waals surface area contributed by atoms with E-state index in [1.165, 1.54) is 0 Å². The van der Waals surface area contributed by atoms with Crippen LogP contribution in [-0.4, -0.2) is 35.2 Å². The molecule has 1 N–H and O–H groups in total. The lowest BCUT2D eigenvalue weighted by molar-refractivity contribution is 0.623. The number of aromatic nitrogens is 2. The van der Waals surface area contributed by atoms with E-state index in [0.717, 1.165) is 29.9 Å². The van der Waals surface area contributed by atoms with Crippen LogP contribution in [0.1, 0.15) is 52.1 Å². The van der Waals surface area contributed by atoms with Gasteiger partial charge in [-0.25, -0.2) is 9.97 Å². The zero-order valence-electron chi connectivity index (χ0n) is 16.4. The number of allylic oxidation sites excluding steroid dienone is 2. The van der Waals surface area contributed by atoms with Crippen molar-refractivity contribution in [1.29, 1.82) is 0 Å². The van der Waals surface area contributed by atoms with Gasteiger partial charge in [-0.1, -0.05) is 38.4 Å². The van der Waals surface area contributed by atoms with Crippen LogP contribution in [0, 0.1) is 12.8 Å². The Morgan fingerprint density at radius 2 is 2.04 bits per heavy atom. The SMILES string of the molecule is C/C=C(/c1nc(C)c(/N=C\C(C)CC)c(NC)n1)N(C)/C(Cl)=C\CC. The van der Waals surface area contributed by atoms with Crippen LogP contribution in [0.2, 0.25) is 0 Å². The van der Waals surface area contributed by atoms with Crippen molar-refractivity contribution < 1.29 is 0 Å². The van der Waals surface area contributed by atoms with Gasteiger partial charge in [-0.15, -0.1) is 0 Å². The quantitative estimate of drug-likeness (QED) is 0.499. The van der Waals surface area contributed by atoms with Crippen molar-refractivity contribution in [3.8, 4) is 0 Å². The van der Waals surface area contributed by atoms with Gasteiger partial charge in [0.2, 0.25) is 0 Å². The Hall–Kier alpha value is -1.88. The Balaban J connectivity index is 3.32. The summed E-state index contributed by atoms with van der Waals surface area (Å²) in [6, 6.07) is 0. The number of rotatable bonds is 8. The fraction of sp³-hybridized carbons (Fsp3) is 0.526. The number of anilines is 1. The molecule has 1 atom stereocenters. The maximum absolute atomic E-state index is 6.35. The fourth-order valence-electron chi connectivity index (χ4n) is 2.21. The van der Waals surface area contributed by atoms with Gasteiger partial charge in [-0.3, -0.25) is 4.99 Å². The van der Waals surface area contributed by atoms with Crippen molar-refractivity contribution in [3.05, 3.63) is 28.8 Å². The monoisotopic (exact) mass is 363 g/mol. The van der Waals surface area contributed by atoms with Gasteiger partial charge in [-0.2, -0.15) is 0 Å². The zero-order valence-corrected chi connectivity index (χ0v) is 17.1. The number of hydrogen-bond acceptors (Lipinski definition) is 5. The summed E-state index contributed by atoms with van der Waals surface area (Å²) in [5, 5.41) is 3.79. The van der Waals surface area contributed by atoms with Crippen LogP contribution in [0.4, 0.5) is 11.5 Å². The molecular formula is C19H30ClN5. The molecule has 5 nitrogen and oxygen atoms in total. The topological polar surface area (TPSA) is 53.4 Å². The Labute approximate surface area is 156 Å². The highest BCUT2D eigenvalue weighted by Gasteiger charge is 2.17. The van der Waals surface area contributed by atoms with E-state index in [2.05, 4.69) is 41.0 Å². The van der Waals surface area contributed by atoms with Crippen LogP contribution in [-0.2, 0) is 0 Å². The van der Waals surface area contributed by atoms with E-state index in [-0.39, 0.29) is 0 Å². The van der Waals surface area contributed by atoms with Crippen LogP contribution in [0.3, 0.4) is 0 Å². The molecule has 0 radical (unpaired) electrons. The molecule has 0 aliphatic carbocycles. The molecule has 1 unspecified atom stereocenters. The molecule has 0 spiro atoms. The first-order valence-electron chi connectivity index (χ1n) is 8.76. The summed E-state index contributed by atoms with van der Waals surface area (Å²) < 4.78 is 0. The van der Waals surface area contributed by atoms with Gasteiger partial charge >= 0.3 is 0 Å². The standard InChI is InChI=1S/C19H30ClN5/c1-8-11-16(20)25(7)15(10-3)18-23-14(5)17(19(21-6)24-18)22-12-13(4)9-2/h10-13H,8-9H2,1-7H3,(H,21,23,24)/b15-10-,16-11-,22-12-. The molecule has 0 saturated carbocycles. The molecule has 0 aliphatic rings. The second-order valence-electron chi connectivity index (χ2n) is 5.91. The minimum absolute atomic E-state index is 0.416. The van der Waals surface area contributed by atoms with Crippen molar-refractivity contribution in [2.45, 2.75) is 47.5 Å². The van der Waals surface area contributed by atoms with Gasteiger partial charge in [0.25, 0.3) is 0 Å². The van der Waals surface area contributed by atoms with Gasteiger partial charge in [-0.05, 0) is 38.7 Å². The maximum Gasteiger partial charge on any atom is 0.178 e. The van der Waals surface area contributed by atoms with E-state index in [1.54, 1.807) is 0 Å². The van der Waals surface area contributed by atoms with Crippen LogP contribution < -0.4 is 5.32 Å². The first-order valence-corrected chi connectivity index (χ1v) is 9.13. The molecule has 1 rings (SSSR count). The number of nitrogens with one attached hydrogen (secondary N) is 1. The summed E-state index contributed by atoms with van der Waals surface area (Å²) in [7, 11) is 3.76. The lowest BCUT2D eigenvalue weighted by Crippen LogP contribution is -2.16. The molecule has 1 heterocycles. The smallest absolute Gasteiger partial charge is 0.178 e. The molecule has 6 heteroatoms. The van der Waals surface area contributed by atoms with Crippen molar-refractivity contribution in [1.82, 2.24) is 14.9 Å². The van der Waals surface area contributed by atoms with Crippen molar-refractivity contribution in [2.75, 3.05) is 19.4 Å². The van der Waals surface area contributed by atoms with Crippen LogP contribution >= 0.6 is 11.6 Å². The van der Waals surface area contributed by atoms with E-state index in [1.807, 2.05) is 51.2 Å². The maximum atomic E-state index is 6.35. The summed E-state index contributed by atoms with van der Waals surface area (Å²) in [5.74, 6) is 1.75. The first kappa shape index (κ1) is 21.2. The van der Waals surface area contributed by atoms with Gasteiger partial charge in [0, 0.05) is 20.3 Å². The van der Waals surface area contributed by atoms with Crippen LogP contribution in [0.15, 0.2) is 22.3 Å². The molecular weight excluding hydrogens is 334 g/mol. The van der Waals surface area contributed by atoms with E-state index < -0.39 is 0 Å². The number of hydrogen-bond donors (Lipinski definition) is 1. The average Bonchev–Trinajstić information content (AvgIpc) is 2.60. The van der Waals surface area contributed by atoms with Crippen LogP contribution in [0.5, 0.6) is 0 Å². The third kappa shape index (κ3) is 5.56. The minimum Gasteiger partial charge on any atom is -0.371 e. The summed E-state index contributed by atoms with van der Waals surface area (Å²) in [6.07, 6.45) is 7.79. The van der Waals surface area contributed by atoms with E-state index in [9.17, 15) is 0 Å². The number of aryl methyl sites for hydroxylation is 1. The summed E-state index contributed by atoms with van der Waals surface area (Å²) in [5.41, 5.74) is 2.46. The summed E-state index contributed by atoms with van der Waals surface area (Å²) in [6.45, 7) is 10.2. The predicted octanol–water partition coefficient (Wildman–Crippen LogP) is 5.36. The molecule has 0 aromatic carbocycles. The van der Waals surface area contributed by atoms with Gasteiger partial charge in [0.05, 0.1) is 11.4 Å². The molecule has 0 fully saturated rings. The Bertz CT molecular complexity index is 664. The van der Waals surface area contributed by atoms with Crippen molar-refractivity contribution in [2.24, 2.45) is 10.9 Å². The van der Waals surface area contributed by atoms with Gasteiger partial charge in [0.15, 0.2) is 11.6 Å². The first-order chi connectivity index (χ1) is 11.9. The molecule has 25 heavy (non-hydrogen) atoms. The highest BCUT2D eigenvalue weighted by atomic mass is 35.5. The normalized spacial score (nSPS) is 14.1. The third-order valence-electron chi connectivity index (χ3n) is 3.95. The highest BCUT2D eigenvalue weighted by Crippen LogP contribution is 2.29. The average molecular weight is 364 g/mol. The van der Waals surface area contributed by atoms with E-state index in [0.29, 0.717) is 22.7 Å². The minimum atomic E-state index is 0.416. The molecule has 0 bridgehead atoms. The Kier molecular flexibility index (Phi) is 8.62. The lowest BCUT2D eigenvalue weighted by atomic mass is 10.1. The van der Waals surface area contributed by atoms with E-state index in [4.69, 9.17) is 11.6 Å². The number of aliphatic imine (C=N–C) groups is 1. The summed E-state index contributed by atoms with van der Waals surface area (Å²) >= 11 is 6.35. The summed E-state index contributed by atoms with van der Waals surface area (Å²) in [4.78, 5) is 15.8. The zero-order chi connectivity index (χ0) is 19.0. The predicted molar refractivity (Wildman–Crippen MR) is 110 cm³/mol. The van der Waals surface area contributed by atoms with Crippen molar-refractivity contribution in [3.63, 3.8) is 0 Å². The molecule has 1 aromatic rings. The fourth-order valence-corrected chi connectivity index (χ4v) is 2.46. The van der Waals surface area contributed by atoms with Gasteiger partial charge in [0.1, 0.15) is 10.8 Å². The molecule has 0 aliphatic heterocycles. The Morgan fingerprint density at radius 1 is 1.36 bits per heavy atom. The largest absolute Gasteiger partial charge is 0.371 e. The van der Waals surface area contributed by atoms with Gasteiger partial charge < -0.3 is 10.2 Å². The van der Waals surface area contributed by atoms with Crippen LogP contribution in [0.25, 0.3) is 5.70 Å². The molecule has 0 amide bonds. The Morgan fingerprint density at radius 3 is 2.56 bits per heavy atom. The van der Waals surface area contributed by atoms with E-state index >= 15 is 0 Å². The van der Waals surface area contributed by atoms with Crippen molar-refractivity contribution >= 4 is 35.0 Å². The molecule has 138 valence electrons. The second-order valence-corrected chi connectivity index (χ2v) is 6.30. The highest BCUT2D eigenvalue weighted by molar-refractivity contribution is 6.29. The number of halogens is 1. The molecule has 1 aromatic heterocycles. The second kappa shape index (κ2) is 10.2.